The van der Waals surface area contributed by atoms with Crippen LogP contribution in [-0.2, 0) is 6.54 Å². The lowest BCUT2D eigenvalue weighted by atomic mass is 10.2. The van der Waals surface area contributed by atoms with Crippen LogP contribution in [0.4, 0.5) is 5.69 Å². The second-order valence-corrected chi connectivity index (χ2v) is 6.62. The van der Waals surface area contributed by atoms with Crippen LogP contribution in [0.15, 0.2) is 34.1 Å². The maximum Gasteiger partial charge on any atom is 0.265 e. The van der Waals surface area contributed by atoms with Gasteiger partial charge in [-0.3, -0.25) is 4.79 Å². The summed E-state index contributed by atoms with van der Waals surface area (Å²) in [4.78, 5) is 12.8. The van der Waals surface area contributed by atoms with E-state index in [2.05, 4.69) is 26.6 Å². The molecule has 19 heavy (non-hydrogen) atoms. The van der Waals surface area contributed by atoms with Crippen molar-refractivity contribution in [1.29, 1.82) is 0 Å². The number of nitrogens with one attached hydrogen (secondary N) is 2. The van der Waals surface area contributed by atoms with Gasteiger partial charge >= 0.3 is 0 Å². The largest absolute Gasteiger partial charge is 0.321 e. The first kappa shape index (κ1) is 14.2. The van der Waals surface area contributed by atoms with Gasteiger partial charge in [0.2, 0.25) is 0 Å². The zero-order valence-electron chi connectivity index (χ0n) is 10.8. The van der Waals surface area contributed by atoms with Crippen LogP contribution in [0.1, 0.15) is 20.8 Å². The van der Waals surface area contributed by atoms with E-state index >= 15 is 0 Å². The first-order chi connectivity index (χ1) is 9.10. The summed E-state index contributed by atoms with van der Waals surface area (Å²) in [5.74, 6) is -0.0691. The summed E-state index contributed by atoms with van der Waals surface area (Å²) in [7, 11) is 1.90. The molecule has 0 spiro atoms. The molecule has 1 aromatic heterocycles. The van der Waals surface area contributed by atoms with Gasteiger partial charge in [-0.15, -0.1) is 11.3 Å². The molecule has 1 heterocycles. The van der Waals surface area contributed by atoms with Crippen molar-refractivity contribution in [3.8, 4) is 0 Å². The van der Waals surface area contributed by atoms with Gasteiger partial charge in [0.15, 0.2) is 0 Å². The number of aryl methyl sites for hydroxylation is 1. The average Bonchev–Trinajstić information content (AvgIpc) is 2.71. The molecule has 3 nitrogen and oxygen atoms in total. The van der Waals surface area contributed by atoms with Crippen molar-refractivity contribution in [1.82, 2.24) is 5.32 Å². The zero-order chi connectivity index (χ0) is 13.8. The first-order valence-electron chi connectivity index (χ1n) is 5.91. The number of hydrogen-bond acceptors (Lipinski definition) is 3. The molecule has 0 saturated heterocycles. The number of amides is 1. The van der Waals surface area contributed by atoms with Crippen LogP contribution < -0.4 is 10.6 Å². The molecule has 0 aliphatic rings. The van der Waals surface area contributed by atoms with Crippen molar-refractivity contribution in [2.24, 2.45) is 0 Å². The quantitative estimate of drug-likeness (QED) is 0.890. The Bertz CT molecular complexity index is 575. The van der Waals surface area contributed by atoms with Gasteiger partial charge in [-0.1, -0.05) is 12.1 Å². The van der Waals surface area contributed by atoms with Gasteiger partial charge in [0.25, 0.3) is 5.91 Å². The summed E-state index contributed by atoms with van der Waals surface area (Å²) in [6, 6.07) is 9.73. The lowest BCUT2D eigenvalue weighted by molar-refractivity contribution is 0.103. The Morgan fingerprint density at radius 1 is 1.37 bits per heavy atom. The van der Waals surface area contributed by atoms with E-state index in [9.17, 15) is 4.79 Å². The molecule has 0 bridgehead atoms. The normalized spacial score (nSPS) is 10.5. The molecule has 2 aromatic rings. The molecule has 1 aromatic carbocycles. The first-order valence-corrected chi connectivity index (χ1v) is 7.52. The van der Waals surface area contributed by atoms with E-state index in [0.717, 1.165) is 27.1 Å². The molecule has 0 unspecified atom stereocenters. The van der Waals surface area contributed by atoms with Gasteiger partial charge in [0, 0.05) is 12.2 Å². The summed E-state index contributed by atoms with van der Waals surface area (Å²) in [5.41, 5.74) is 3.04. The van der Waals surface area contributed by atoms with E-state index < -0.39 is 0 Å². The van der Waals surface area contributed by atoms with E-state index in [4.69, 9.17) is 0 Å². The molecule has 0 radical (unpaired) electrons. The fraction of sp³-hybridized carbons (Fsp3) is 0.214. The van der Waals surface area contributed by atoms with Crippen LogP contribution in [0, 0.1) is 6.92 Å². The Balaban J connectivity index is 2.12. The van der Waals surface area contributed by atoms with E-state index in [-0.39, 0.29) is 5.91 Å². The van der Waals surface area contributed by atoms with Gasteiger partial charge in [0.05, 0.1) is 8.66 Å². The minimum atomic E-state index is -0.0691. The predicted octanol–water partition coefficient (Wildman–Crippen LogP) is 3.79. The molecule has 100 valence electrons. The number of thiophene rings is 1. The number of rotatable bonds is 4. The molecule has 0 saturated carbocycles. The van der Waals surface area contributed by atoms with Crippen LogP contribution >= 0.6 is 27.3 Å². The van der Waals surface area contributed by atoms with Crippen molar-refractivity contribution >= 4 is 38.9 Å². The molecule has 5 heteroatoms. The van der Waals surface area contributed by atoms with Crippen LogP contribution in [0.3, 0.4) is 0 Å². The van der Waals surface area contributed by atoms with E-state index in [0.29, 0.717) is 4.88 Å². The fourth-order valence-corrected chi connectivity index (χ4v) is 3.16. The maximum absolute atomic E-state index is 12.1. The monoisotopic (exact) mass is 338 g/mol. The highest BCUT2D eigenvalue weighted by Gasteiger charge is 2.11. The third kappa shape index (κ3) is 3.65. The van der Waals surface area contributed by atoms with Gasteiger partial charge in [0.1, 0.15) is 0 Å². The van der Waals surface area contributed by atoms with Gasteiger partial charge in [-0.05, 0) is 59.2 Å². The molecular formula is C14H15BrN2OS. The molecule has 0 aliphatic heterocycles. The Morgan fingerprint density at radius 3 is 2.79 bits per heavy atom. The predicted molar refractivity (Wildman–Crippen MR) is 83.9 cm³/mol. The molecule has 0 aliphatic carbocycles. The van der Waals surface area contributed by atoms with Crippen LogP contribution in [0.2, 0.25) is 0 Å². The number of carbonyl (C=O) groups is 1. The Kier molecular flexibility index (Phi) is 4.74. The Hall–Kier alpha value is -1.17. The second kappa shape index (κ2) is 6.32. The smallest absolute Gasteiger partial charge is 0.265 e. The van der Waals surface area contributed by atoms with Crippen LogP contribution in [-0.4, -0.2) is 13.0 Å². The number of benzene rings is 1. The lowest BCUT2D eigenvalue weighted by Crippen LogP contribution is -2.11. The van der Waals surface area contributed by atoms with Crippen molar-refractivity contribution in [3.05, 3.63) is 50.1 Å². The van der Waals surface area contributed by atoms with Gasteiger partial charge in [-0.25, -0.2) is 0 Å². The number of anilines is 1. The molecule has 0 atom stereocenters. The van der Waals surface area contributed by atoms with Gasteiger partial charge < -0.3 is 10.6 Å². The maximum atomic E-state index is 12.1. The standard InChI is InChI=1S/C14H15BrN2OS/c1-9-6-12(19-13(9)15)14(18)17-11-5-3-4-10(7-11)8-16-2/h3-7,16H,8H2,1-2H3,(H,17,18). The van der Waals surface area contributed by atoms with E-state index in [1.54, 1.807) is 0 Å². The van der Waals surface area contributed by atoms with E-state index in [1.807, 2.05) is 44.3 Å². The molecule has 2 N–H and O–H groups in total. The highest BCUT2D eigenvalue weighted by atomic mass is 79.9. The second-order valence-electron chi connectivity index (χ2n) is 4.25. The average molecular weight is 339 g/mol. The third-order valence-corrected chi connectivity index (χ3v) is 4.78. The molecule has 1 amide bonds. The summed E-state index contributed by atoms with van der Waals surface area (Å²) >= 11 is 4.88. The third-order valence-electron chi connectivity index (χ3n) is 2.65. The minimum Gasteiger partial charge on any atom is -0.321 e. The zero-order valence-corrected chi connectivity index (χ0v) is 13.2. The topological polar surface area (TPSA) is 41.1 Å². The summed E-state index contributed by atoms with van der Waals surface area (Å²) in [5, 5.41) is 6.01. The highest BCUT2D eigenvalue weighted by molar-refractivity contribution is 9.11. The van der Waals surface area contributed by atoms with Crippen LogP contribution in [0.25, 0.3) is 0 Å². The number of carbonyl (C=O) groups excluding carboxylic acids is 1. The highest BCUT2D eigenvalue weighted by Crippen LogP contribution is 2.27. The van der Waals surface area contributed by atoms with Crippen molar-refractivity contribution < 1.29 is 4.79 Å². The van der Waals surface area contributed by atoms with Crippen molar-refractivity contribution in [3.63, 3.8) is 0 Å². The molecular weight excluding hydrogens is 324 g/mol. The van der Waals surface area contributed by atoms with Crippen molar-refractivity contribution in [2.45, 2.75) is 13.5 Å². The number of halogens is 1. The SMILES string of the molecule is CNCc1cccc(NC(=O)c2cc(C)c(Br)s2)c1. The summed E-state index contributed by atoms with van der Waals surface area (Å²) in [6.45, 7) is 2.76. The fourth-order valence-electron chi connectivity index (χ4n) is 1.73. The van der Waals surface area contributed by atoms with Gasteiger partial charge in [-0.2, -0.15) is 0 Å². The van der Waals surface area contributed by atoms with E-state index in [1.165, 1.54) is 11.3 Å². The Morgan fingerprint density at radius 2 is 2.16 bits per heavy atom. The Labute approximate surface area is 125 Å². The summed E-state index contributed by atoms with van der Waals surface area (Å²) in [6.07, 6.45) is 0. The van der Waals surface area contributed by atoms with Crippen molar-refractivity contribution in [2.75, 3.05) is 12.4 Å². The molecule has 2 rings (SSSR count). The van der Waals surface area contributed by atoms with Crippen LogP contribution in [0.5, 0.6) is 0 Å². The number of hydrogen-bond donors (Lipinski definition) is 2. The molecule has 0 fully saturated rings. The lowest BCUT2D eigenvalue weighted by Gasteiger charge is -2.06. The minimum absolute atomic E-state index is 0.0691. The summed E-state index contributed by atoms with van der Waals surface area (Å²) < 4.78 is 1.00.